The van der Waals surface area contributed by atoms with Gasteiger partial charge in [0.2, 0.25) is 0 Å². The van der Waals surface area contributed by atoms with Crippen LogP contribution in [0.15, 0.2) is 175 Å². The molecule has 11 aromatic rings. The van der Waals surface area contributed by atoms with E-state index in [1.807, 2.05) is 6.08 Å². The molecule has 0 radical (unpaired) electrons. The van der Waals surface area contributed by atoms with Crippen LogP contribution >= 0.6 is 11.3 Å². The fourth-order valence-corrected chi connectivity index (χ4v) is 9.70. The Labute approximate surface area is 339 Å². The first-order chi connectivity index (χ1) is 28.6. The SMILES string of the molecule is C=C/C=C\c1c(CC)oc2cc(-c3cccc4ccccc34)cc(-c3nc(-c4ccc5c(ccc6ccccc65)c4)nc(-c4cccc5sc6ccccc6c45)n3)c12. The minimum Gasteiger partial charge on any atom is -0.460 e. The smallest absolute Gasteiger partial charge is 0.164 e. The number of benzene rings is 8. The zero-order valence-corrected chi connectivity index (χ0v) is 32.6. The van der Waals surface area contributed by atoms with Gasteiger partial charge in [-0.2, -0.15) is 0 Å². The fourth-order valence-electron chi connectivity index (χ4n) is 8.57. The molecular formula is C53H35N3OS. The van der Waals surface area contributed by atoms with Crippen LogP contribution in [0.2, 0.25) is 0 Å². The van der Waals surface area contributed by atoms with E-state index >= 15 is 0 Å². The molecule has 11 rings (SSSR count). The van der Waals surface area contributed by atoms with Gasteiger partial charge in [-0.3, -0.25) is 0 Å². The van der Waals surface area contributed by atoms with Crippen molar-refractivity contribution >= 4 is 80.9 Å². The first-order valence-corrected chi connectivity index (χ1v) is 20.4. The van der Waals surface area contributed by atoms with Crippen molar-refractivity contribution in [2.75, 3.05) is 0 Å². The van der Waals surface area contributed by atoms with Gasteiger partial charge >= 0.3 is 0 Å². The van der Waals surface area contributed by atoms with E-state index in [-0.39, 0.29) is 0 Å². The molecule has 4 nitrogen and oxygen atoms in total. The number of furan rings is 1. The summed E-state index contributed by atoms with van der Waals surface area (Å²) in [6, 6.07) is 53.9. The third kappa shape index (κ3) is 5.54. The van der Waals surface area contributed by atoms with E-state index in [2.05, 4.69) is 171 Å². The number of rotatable bonds is 7. The van der Waals surface area contributed by atoms with Gasteiger partial charge in [0.1, 0.15) is 11.3 Å². The van der Waals surface area contributed by atoms with Crippen LogP contribution in [-0.2, 0) is 6.42 Å². The molecule has 0 aliphatic carbocycles. The standard InChI is InChI=1S/C53H35N3OS/c1-3-5-17-41-45(4-2)57-46-31-36(39-21-12-16-32-14-6-8-18-37(32)39)30-44(49(41)46)53-55-51(35-27-28-40-34(29-35)26-25-33-15-7-9-19-38(33)40)54-52(56-53)43-22-13-24-48-50(43)42-20-10-11-23-47(42)58-48/h3,5-31H,1,4H2,2H3/b17-5-. The summed E-state index contributed by atoms with van der Waals surface area (Å²) in [7, 11) is 0. The monoisotopic (exact) mass is 761 g/mol. The zero-order chi connectivity index (χ0) is 38.7. The molecule has 5 heteroatoms. The van der Waals surface area contributed by atoms with Gasteiger partial charge in [-0.25, -0.2) is 15.0 Å². The maximum Gasteiger partial charge on any atom is 0.164 e. The van der Waals surface area contributed by atoms with Crippen LogP contribution < -0.4 is 0 Å². The van der Waals surface area contributed by atoms with Gasteiger partial charge in [0.05, 0.1) is 0 Å². The first kappa shape index (κ1) is 34.1. The molecule has 0 atom stereocenters. The number of aromatic nitrogens is 3. The molecule has 0 aliphatic rings. The Morgan fingerprint density at radius 3 is 2.03 bits per heavy atom. The number of hydrogen-bond acceptors (Lipinski definition) is 5. The average molecular weight is 762 g/mol. The van der Waals surface area contributed by atoms with Crippen LogP contribution in [0.3, 0.4) is 0 Å². The highest BCUT2D eigenvalue weighted by Crippen LogP contribution is 2.43. The average Bonchev–Trinajstić information content (AvgIpc) is 3.85. The molecule has 8 aromatic carbocycles. The molecule has 0 saturated carbocycles. The first-order valence-electron chi connectivity index (χ1n) is 19.6. The number of nitrogens with zero attached hydrogens (tertiary/aromatic N) is 3. The lowest BCUT2D eigenvalue weighted by Gasteiger charge is -2.13. The summed E-state index contributed by atoms with van der Waals surface area (Å²) in [5.41, 5.74) is 6.71. The molecule has 0 aliphatic heterocycles. The van der Waals surface area contributed by atoms with Crippen molar-refractivity contribution in [1.82, 2.24) is 15.0 Å². The lowest BCUT2D eigenvalue weighted by atomic mass is 9.94. The summed E-state index contributed by atoms with van der Waals surface area (Å²) in [5, 5.41) is 10.4. The maximum absolute atomic E-state index is 6.73. The second-order valence-corrected chi connectivity index (χ2v) is 15.7. The Kier molecular flexibility index (Phi) is 8.09. The molecule has 0 fully saturated rings. The maximum atomic E-state index is 6.73. The normalized spacial score (nSPS) is 11.9. The Balaban J connectivity index is 1.23. The van der Waals surface area contributed by atoms with Crippen LogP contribution in [0, 0.1) is 0 Å². The highest BCUT2D eigenvalue weighted by atomic mass is 32.1. The van der Waals surface area contributed by atoms with Crippen molar-refractivity contribution in [2.24, 2.45) is 0 Å². The Hall–Kier alpha value is -7.21. The minimum atomic E-state index is 0.582. The van der Waals surface area contributed by atoms with Crippen molar-refractivity contribution < 1.29 is 4.42 Å². The van der Waals surface area contributed by atoms with Gasteiger partial charge in [0.15, 0.2) is 17.5 Å². The van der Waals surface area contributed by atoms with Gasteiger partial charge in [-0.05, 0) is 73.8 Å². The number of thiophene rings is 1. The van der Waals surface area contributed by atoms with Crippen molar-refractivity contribution in [1.29, 1.82) is 0 Å². The van der Waals surface area contributed by atoms with Crippen molar-refractivity contribution in [3.8, 4) is 45.3 Å². The third-order valence-electron chi connectivity index (χ3n) is 11.2. The number of hydrogen-bond donors (Lipinski definition) is 0. The lowest BCUT2D eigenvalue weighted by Crippen LogP contribution is -2.01. The van der Waals surface area contributed by atoms with Crippen molar-refractivity contribution in [2.45, 2.75) is 13.3 Å². The summed E-state index contributed by atoms with van der Waals surface area (Å²) in [6.45, 7) is 6.11. The summed E-state index contributed by atoms with van der Waals surface area (Å²) in [5.74, 6) is 2.71. The van der Waals surface area contributed by atoms with E-state index in [0.29, 0.717) is 17.5 Å². The van der Waals surface area contributed by atoms with Crippen LogP contribution in [0.5, 0.6) is 0 Å². The van der Waals surface area contributed by atoms with E-state index in [1.165, 1.54) is 41.7 Å². The number of aryl methyl sites for hydroxylation is 1. The summed E-state index contributed by atoms with van der Waals surface area (Å²) >= 11 is 1.79. The Bertz CT molecular complexity index is 3470. The predicted octanol–water partition coefficient (Wildman–Crippen LogP) is 14.9. The quantitative estimate of drug-likeness (QED) is 0.120. The molecule has 3 heterocycles. The van der Waals surface area contributed by atoms with Crippen LogP contribution in [0.25, 0.3) is 115 Å². The van der Waals surface area contributed by atoms with Gasteiger partial charge in [-0.1, -0.05) is 153 Å². The fraction of sp³-hybridized carbons (Fsp3) is 0.0377. The molecule has 3 aromatic heterocycles. The highest BCUT2D eigenvalue weighted by Gasteiger charge is 2.23. The van der Waals surface area contributed by atoms with Gasteiger partial charge in [-0.15, -0.1) is 11.3 Å². The molecule has 0 bridgehead atoms. The summed E-state index contributed by atoms with van der Waals surface area (Å²) in [6.07, 6.45) is 6.59. The van der Waals surface area contributed by atoms with E-state index in [0.717, 1.165) is 67.3 Å². The Morgan fingerprint density at radius 2 is 1.19 bits per heavy atom. The lowest BCUT2D eigenvalue weighted by molar-refractivity contribution is 0.556. The summed E-state index contributed by atoms with van der Waals surface area (Å²) in [4.78, 5) is 16.2. The molecule has 0 saturated heterocycles. The van der Waals surface area contributed by atoms with Crippen LogP contribution in [-0.4, -0.2) is 15.0 Å². The molecule has 58 heavy (non-hydrogen) atoms. The van der Waals surface area contributed by atoms with Crippen molar-refractivity contribution in [3.05, 3.63) is 182 Å². The van der Waals surface area contributed by atoms with Gasteiger partial charge in [0.25, 0.3) is 0 Å². The molecule has 0 unspecified atom stereocenters. The number of allylic oxidation sites excluding steroid dienone is 2. The second-order valence-electron chi connectivity index (χ2n) is 14.6. The van der Waals surface area contributed by atoms with Gasteiger partial charge < -0.3 is 4.42 Å². The third-order valence-corrected chi connectivity index (χ3v) is 12.4. The topological polar surface area (TPSA) is 51.8 Å². The second kappa shape index (κ2) is 13.8. The van der Waals surface area contributed by atoms with E-state index < -0.39 is 0 Å². The zero-order valence-electron chi connectivity index (χ0n) is 31.7. The Morgan fingerprint density at radius 1 is 0.534 bits per heavy atom. The molecular weight excluding hydrogens is 727 g/mol. The molecule has 0 amide bonds. The minimum absolute atomic E-state index is 0.582. The van der Waals surface area contributed by atoms with E-state index in [1.54, 1.807) is 17.4 Å². The molecule has 0 N–H and O–H groups in total. The largest absolute Gasteiger partial charge is 0.460 e. The van der Waals surface area contributed by atoms with Crippen LogP contribution in [0.4, 0.5) is 0 Å². The summed E-state index contributed by atoms with van der Waals surface area (Å²) < 4.78 is 9.16. The molecule has 0 spiro atoms. The van der Waals surface area contributed by atoms with E-state index in [9.17, 15) is 0 Å². The molecule has 274 valence electrons. The predicted molar refractivity (Wildman–Crippen MR) is 245 cm³/mol. The number of fused-ring (bicyclic) bond motifs is 8. The highest BCUT2D eigenvalue weighted by molar-refractivity contribution is 7.25. The van der Waals surface area contributed by atoms with Crippen molar-refractivity contribution in [3.63, 3.8) is 0 Å². The van der Waals surface area contributed by atoms with Crippen LogP contribution in [0.1, 0.15) is 18.2 Å². The van der Waals surface area contributed by atoms with E-state index in [4.69, 9.17) is 19.4 Å². The van der Waals surface area contributed by atoms with Gasteiger partial charge in [0, 0.05) is 54.2 Å².